The third-order valence-corrected chi connectivity index (χ3v) is 8.40. The summed E-state index contributed by atoms with van der Waals surface area (Å²) >= 11 is 7.78. The highest BCUT2D eigenvalue weighted by molar-refractivity contribution is 7.15. The van der Waals surface area contributed by atoms with Crippen molar-refractivity contribution in [2.75, 3.05) is 13.1 Å². The van der Waals surface area contributed by atoms with Crippen molar-refractivity contribution in [2.24, 2.45) is 11.8 Å². The predicted octanol–water partition coefficient (Wildman–Crippen LogP) is 4.92. The zero-order chi connectivity index (χ0) is 26.0. The number of rotatable bonds is 5. The molecule has 1 N–H and O–H groups in total. The van der Waals surface area contributed by atoms with Crippen LogP contribution in [0.25, 0.3) is 21.9 Å². The Balaban J connectivity index is 1.15. The van der Waals surface area contributed by atoms with Gasteiger partial charge < -0.3 is 15.0 Å². The fourth-order valence-corrected chi connectivity index (χ4v) is 6.44. The molecular weight excluding hydrogens is 524 g/mol. The van der Waals surface area contributed by atoms with Crippen LogP contribution < -0.4 is 10.1 Å². The Morgan fingerprint density at radius 1 is 1.16 bits per heavy atom. The van der Waals surface area contributed by atoms with Crippen LogP contribution >= 0.6 is 22.9 Å². The van der Waals surface area contributed by atoms with E-state index in [1.54, 1.807) is 28.0 Å². The van der Waals surface area contributed by atoms with E-state index >= 15 is 0 Å². The minimum Gasteiger partial charge on any atom is -0.391 e. The van der Waals surface area contributed by atoms with Gasteiger partial charge in [-0.15, -0.1) is 11.3 Å². The van der Waals surface area contributed by atoms with Gasteiger partial charge in [-0.3, -0.25) is 13.6 Å². The van der Waals surface area contributed by atoms with E-state index in [2.05, 4.69) is 10.3 Å². The lowest BCUT2D eigenvalue weighted by Crippen LogP contribution is -2.46. The van der Waals surface area contributed by atoms with Gasteiger partial charge in [0.2, 0.25) is 5.88 Å². The number of halogens is 1. The number of likely N-dealkylation sites (tertiary alicyclic amines) is 1. The summed E-state index contributed by atoms with van der Waals surface area (Å²) in [6.07, 6.45) is 4.03. The SMILES string of the molecule is Cc1nc2sccn2c1OC(=O)NC[C@@H]1[C@H]2C[C@H]2CN1C(=O)c1c(-c2ccccc2)nc2ccc(Cl)cn12. The molecule has 0 spiro atoms. The molecule has 0 radical (unpaired) electrons. The van der Waals surface area contributed by atoms with Gasteiger partial charge >= 0.3 is 6.09 Å². The summed E-state index contributed by atoms with van der Waals surface area (Å²) in [7, 11) is 0. The number of carbonyl (C=O) groups excluding carboxylic acids is 2. The van der Waals surface area contributed by atoms with Crippen LogP contribution in [0.5, 0.6) is 5.88 Å². The number of carbonyl (C=O) groups is 2. The minimum absolute atomic E-state index is 0.127. The summed E-state index contributed by atoms with van der Waals surface area (Å²) in [5.41, 5.74) is 3.23. The van der Waals surface area contributed by atoms with E-state index in [9.17, 15) is 9.59 Å². The Hall–Kier alpha value is -3.89. The normalized spacial score (nSPS) is 20.2. The topological polar surface area (TPSA) is 93.2 Å². The molecule has 1 aliphatic heterocycles. The molecule has 0 bridgehead atoms. The summed E-state index contributed by atoms with van der Waals surface area (Å²) in [4.78, 5) is 38.7. The van der Waals surface area contributed by atoms with Gasteiger partial charge in [-0.25, -0.2) is 14.8 Å². The number of pyridine rings is 1. The Labute approximate surface area is 226 Å². The number of hydrogen-bond donors (Lipinski definition) is 1. The van der Waals surface area contributed by atoms with Gasteiger partial charge in [0.15, 0.2) is 4.96 Å². The average Bonchev–Trinajstić information content (AvgIpc) is 3.21. The van der Waals surface area contributed by atoms with Crippen LogP contribution in [0.3, 0.4) is 0 Å². The van der Waals surface area contributed by atoms with E-state index in [0.717, 1.165) is 16.9 Å². The molecule has 2 fully saturated rings. The van der Waals surface area contributed by atoms with Crippen LogP contribution in [0.2, 0.25) is 5.02 Å². The summed E-state index contributed by atoms with van der Waals surface area (Å²) < 4.78 is 9.13. The number of nitrogens with zero attached hydrogens (tertiary/aromatic N) is 5. The van der Waals surface area contributed by atoms with Crippen molar-refractivity contribution in [3.8, 4) is 17.1 Å². The van der Waals surface area contributed by atoms with Gasteiger partial charge in [0, 0.05) is 36.4 Å². The highest BCUT2D eigenvalue weighted by atomic mass is 35.5. The Bertz CT molecular complexity index is 1710. The number of aryl methyl sites for hydroxylation is 1. The molecular formula is C27H23ClN6O3S. The number of thiazole rings is 1. The number of imidazole rings is 2. The van der Waals surface area contributed by atoms with Crippen LogP contribution in [0.4, 0.5) is 4.79 Å². The van der Waals surface area contributed by atoms with Crippen LogP contribution in [-0.4, -0.2) is 54.8 Å². The Morgan fingerprint density at radius 3 is 2.84 bits per heavy atom. The van der Waals surface area contributed by atoms with Crippen LogP contribution in [0.1, 0.15) is 22.6 Å². The van der Waals surface area contributed by atoms with Crippen molar-refractivity contribution >= 4 is 45.5 Å². The maximum atomic E-state index is 14.1. The van der Waals surface area contributed by atoms with Gasteiger partial charge in [0.05, 0.1) is 11.1 Å². The lowest BCUT2D eigenvalue weighted by atomic mass is 10.1. The Kier molecular flexibility index (Phi) is 5.41. The van der Waals surface area contributed by atoms with Crippen molar-refractivity contribution in [1.29, 1.82) is 0 Å². The summed E-state index contributed by atoms with van der Waals surface area (Å²) in [5.74, 6) is 1.06. The molecule has 192 valence electrons. The molecule has 1 saturated heterocycles. The molecule has 5 aromatic rings. The zero-order valence-electron chi connectivity index (χ0n) is 20.4. The van der Waals surface area contributed by atoms with Gasteiger partial charge in [-0.2, -0.15) is 0 Å². The van der Waals surface area contributed by atoms with Gasteiger partial charge in [0.1, 0.15) is 22.7 Å². The molecule has 3 atom stereocenters. The molecule has 5 heterocycles. The van der Waals surface area contributed by atoms with E-state index in [1.807, 2.05) is 52.9 Å². The highest BCUT2D eigenvalue weighted by Gasteiger charge is 2.54. The number of nitrogens with one attached hydrogen (secondary N) is 1. The lowest BCUT2D eigenvalue weighted by Gasteiger charge is -2.28. The number of amides is 2. The molecule has 11 heteroatoms. The fourth-order valence-electron chi connectivity index (χ4n) is 5.53. The molecule has 2 amide bonds. The maximum absolute atomic E-state index is 14.1. The van der Waals surface area contributed by atoms with Crippen molar-refractivity contribution < 1.29 is 14.3 Å². The van der Waals surface area contributed by atoms with Crippen molar-refractivity contribution in [3.63, 3.8) is 0 Å². The molecule has 7 rings (SSSR count). The van der Waals surface area contributed by atoms with Gasteiger partial charge in [0.25, 0.3) is 5.91 Å². The smallest absolute Gasteiger partial charge is 0.391 e. The van der Waals surface area contributed by atoms with E-state index in [-0.39, 0.29) is 11.9 Å². The third-order valence-electron chi connectivity index (χ3n) is 7.42. The van der Waals surface area contributed by atoms with E-state index in [1.165, 1.54) is 11.3 Å². The molecule has 1 saturated carbocycles. The fraction of sp³-hybridized carbons (Fsp3) is 0.259. The van der Waals surface area contributed by atoms with Crippen LogP contribution in [0.15, 0.2) is 60.2 Å². The number of aromatic nitrogens is 4. The largest absolute Gasteiger partial charge is 0.414 e. The van der Waals surface area contributed by atoms with Crippen LogP contribution in [-0.2, 0) is 0 Å². The number of piperidine rings is 1. The van der Waals surface area contributed by atoms with Crippen molar-refractivity contribution in [1.82, 2.24) is 29.0 Å². The number of hydrogen-bond acceptors (Lipinski definition) is 6. The van der Waals surface area contributed by atoms with E-state index in [0.29, 0.717) is 58.6 Å². The standard InChI is InChI=1S/C27H23ClN6O3S/c1-15-25(32-9-10-38-26(32)30-15)37-27(36)29-12-20-19-11-17(19)13-33(20)24(35)23-22(16-5-3-2-4-6-16)31-21-8-7-18(28)14-34(21)23/h2-10,14,17,19-20H,11-13H2,1H3,(H,29,36)/t17-,19-,20+/m0/s1. The molecule has 38 heavy (non-hydrogen) atoms. The first-order valence-electron chi connectivity index (χ1n) is 12.4. The second kappa shape index (κ2) is 8.85. The molecule has 2 aliphatic rings. The number of fused-ring (bicyclic) bond motifs is 3. The monoisotopic (exact) mass is 546 g/mol. The van der Waals surface area contributed by atoms with E-state index < -0.39 is 6.09 Å². The second-order valence-corrected chi connectivity index (χ2v) is 11.1. The number of benzene rings is 1. The maximum Gasteiger partial charge on any atom is 0.414 e. The highest BCUT2D eigenvalue weighted by Crippen LogP contribution is 2.50. The lowest BCUT2D eigenvalue weighted by molar-refractivity contribution is 0.0698. The van der Waals surface area contributed by atoms with E-state index in [4.69, 9.17) is 21.3 Å². The first-order chi connectivity index (χ1) is 18.5. The quantitative estimate of drug-likeness (QED) is 0.338. The number of ether oxygens (including phenoxy) is 1. The van der Waals surface area contributed by atoms with Gasteiger partial charge in [-0.05, 0) is 37.3 Å². The average molecular weight is 547 g/mol. The summed E-state index contributed by atoms with van der Waals surface area (Å²) in [6.45, 7) is 2.75. The van der Waals surface area contributed by atoms with Crippen molar-refractivity contribution in [3.05, 3.63) is 76.6 Å². The predicted molar refractivity (Wildman–Crippen MR) is 144 cm³/mol. The first-order valence-corrected chi connectivity index (χ1v) is 13.7. The first kappa shape index (κ1) is 23.2. The molecule has 1 aliphatic carbocycles. The van der Waals surface area contributed by atoms with Gasteiger partial charge in [-0.1, -0.05) is 41.9 Å². The Morgan fingerprint density at radius 2 is 2.00 bits per heavy atom. The molecule has 1 aromatic carbocycles. The summed E-state index contributed by atoms with van der Waals surface area (Å²) in [5, 5.41) is 5.30. The molecule has 0 unspecified atom stereocenters. The molecule has 9 nitrogen and oxygen atoms in total. The summed E-state index contributed by atoms with van der Waals surface area (Å²) in [6, 6.07) is 13.1. The molecule has 4 aromatic heterocycles. The minimum atomic E-state index is -0.566. The zero-order valence-corrected chi connectivity index (χ0v) is 21.9. The third kappa shape index (κ3) is 3.83. The van der Waals surface area contributed by atoms with Crippen molar-refractivity contribution in [2.45, 2.75) is 19.4 Å². The van der Waals surface area contributed by atoms with Crippen LogP contribution in [0, 0.1) is 18.8 Å². The second-order valence-electron chi connectivity index (χ2n) is 9.76.